The van der Waals surface area contributed by atoms with Crippen LogP contribution in [0.15, 0.2) is 4.52 Å². The predicted molar refractivity (Wildman–Crippen MR) is 42.7 cm³/mol. The lowest BCUT2D eigenvalue weighted by atomic mass is 10.4. The first-order valence-electron chi connectivity index (χ1n) is 4.09. The van der Waals surface area contributed by atoms with Crippen LogP contribution in [0.25, 0.3) is 0 Å². The Bertz CT molecular complexity index is 267. The summed E-state index contributed by atoms with van der Waals surface area (Å²) in [5.41, 5.74) is 5.24. The van der Waals surface area contributed by atoms with Crippen molar-refractivity contribution in [2.45, 2.75) is 19.4 Å². The van der Waals surface area contributed by atoms with E-state index >= 15 is 0 Å². The van der Waals surface area contributed by atoms with Crippen molar-refractivity contribution < 1.29 is 18.0 Å². The summed E-state index contributed by atoms with van der Waals surface area (Å²) in [6.45, 7) is -0.240. The third-order valence-electron chi connectivity index (χ3n) is 1.40. The van der Waals surface area contributed by atoms with Gasteiger partial charge in [0.1, 0.15) is 6.61 Å². The largest absolute Gasteiger partial charge is 0.375 e. The highest BCUT2D eigenvalue weighted by Gasteiger charge is 2.06. The van der Waals surface area contributed by atoms with Gasteiger partial charge in [0.15, 0.2) is 5.82 Å². The number of hydrogen-bond donors (Lipinski definition) is 1. The zero-order valence-electron chi connectivity index (χ0n) is 7.45. The molecule has 0 fully saturated rings. The zero-order valence-corrected chi connectivity index (χ0v) is 7.45. The molecule has 1 aromatic rings. The highest BCUT2D eigenvalue weighted by molar-refractivity contribution is 4.84. The van der Waals surface area contributed by atoms with Crippen molar-refractivity contribution in [1.29, 1.82) is 0 Å². The van der Waals surface area contributed by atoms with Gasteiger partial charge in [-0.1, -0.05) is 5.16 Å². The number of nitrogens with zero attached hydrogens (tertiary/aromatic N) is 2. The Hall–Kier alpha value is -1.08. The standard InChI is InChI=1S/C7H11F2N3O2/c8-5(9)4-13-2-1-7-11-6(3-10)12-14-7/h5H,1-4,10H2. The molecule has 0 aliphatic heterocycles. The van der Waals surface area contributed by atoms with Gasteiger partial charge in [0.05, 0.1) is 19.6 Å². The molecule has 1 rings (SSSR count). The summed E-state index contributed by atoms with van der Waals surface area (Å²) in [5, 5.41) is 3.53. The molecule has 0 unspecified atom stereocenters. The lowest BCUT2D eigenvalue weighted by Gasteiger charge is -1.99. The zero-order chi connectivity index (χ0) is 10.4. The van der Waals surface area contributed by atoms with Crippen LogP contribution in [-0.4, -0.2) is 29.8 Å². The molecule has 0 atom stereocenters. The molecule has 0 amide bonds. The highest BCUT2D eigenvalue weighted by Crippen LogP contribution is 1.99. The quantitative estimate of drug-likeness (QED) is 0.681. The number of nitrogens with two attached hydrogens (primary N) is 1. The van der Waals surface area contributed by atoms with E-state index in [1.165, 1.54) is 0 Å². The van der Waals surface area contributed by atoms with Gasteiger partial charge in [-0.3, -0.25) is 0 Å². The van der Waals surface area contributed by atoms with Gasteiger partial charge >= 0.3 is 0 Å². The SMILES string of the molecule is NCc1noc(CCOCC(F)F)n1. The molecule has 0 aliphatic carbocycles. The highest BCUT2D eigenvalue weighted by atomic mass is 19.3. The number of ether oxygens (including phenoxy) is 1. The maximum absolute atomic E-state index is 11.6. The minimum absolute atomic E-state index is 0.135. The van der Waals surface area contributed by atoms with Crippen LogP contribution < -0.4 is 5.73 Å². The van der Waals surface area contributed by atoms with Crippen molar-refractivity contribution in [2.75, 3.05) is 13.2 Å². The fraction of sp³-hybridized carbons (Fsp3) is 0.714. The van der Waals surface area contributed by atoms with Gasteiger partial charge < -0.3 is 15.0 Å². The second kappa shape index (κ2) is 5.61. The van der Waals surface area contributed by atoms with Gasteiger partial charge in [-0.25, -0.2) is 8.78 Å². The number of hydrogen-bond acceptors (Lipinski definition) is 5. The van der Waals surface area contributed by atoms with Crippen molar-refractivity contribution in [1.82, 2.24) is 10.1 Å². The van der Waals surface area contributed by atoms with E-state index in [9.17, 15) is 8.78 Å². The Morgan fingerprint density at radius 1 is 1.50 bits per heavy atom. The van der Waals surface area contributed by atoms with Gasteiger partial charge in [0.25, 0.3) is 6.43 Å². The maximum Gasteiger partial charge on any atom is 0.261 e. The van der Waals surface area contributed by atoms with Crippen molar-refractivity contribution in [2.24, 2.45) is 5.73 Å². The second-order valence-electron chi connectivity index (χ2n) is 2.52. The molecule has 14 heavy (non-hydrogen) atoms. The Morgan fingerprint density at radius 2 is 2.29 bits per heavy atom. The Labute approximate surface area is 79.2 Å². The van der Waals surface area contributed by atoms with E-state index in [2.05, 4.69) is 14.9 Å². The molecule has 0 saturated heterocycles. The summed E-state index contributed by atoms with van der Waals surface area (Å²) in [5.74, 6) is 0.744. The topological polar surface area (TPSA) is 74.2 Å². The summed E-state index contributed by atoms with van der Waals surface area (Å²) >= 11 is 0. The van der Waals surface area contributed by atoms with E-state index < -0.39 is 13.0 Å². The third kappa shape index (κ3) is 3.75. The van der Waals surface area contributed by atoms with Crippen LogP contribution in [0.1, 0.15) is 11.7 Å². The molecule has 0 aromatic carbocycles. The number of alkyl halides is 2. The minimum atomic E-state index is -2.45. The number of rotatable bonds is 6. The molecule has 2 N–H and O–H groups in total. The Kier molecular flexibility index (Phi) is 4.41. The summed E-state index contributed by atoms with van der Waals surface area (Å²) in [6, 6.07) is 0. The van der Waals surface area contributed by atoms with Crippen LogP contribution in [0, 0.1) is 0 Å². The van der Waals surface area contributed by atoms with E-state index in [-0.39, 0.29) is 13.2 Å². The van der Waals surface area contributed by atoms with Gasteiger partial charge in [0, 0.05) is 0 Å². The maximum atomic E-state index is 11.6. The molecule has 1 heterocycles. The average molecular weight is 207 g/mol. The summed E-state index contributed by atoms with van der Waals surface area (Å²) in [7, 11) is 0. The van der Waals surface area contributed by atoms with E-state index in [1.54, 1.807) is 0 Å². The normalized spacial score (nSPS) is 11.1. The summed E-state index contributed by atoms with van der Waals surface area (Å²) < 4.78 is 32.6. The van der Waals surface area contributed by atoms with Crippen LogP contribution in [0.2, 0.25) is 0 Å². The van der Waals surface area contributed by atoms with E-state index in [0.29, 0.717) is 18.1 Å². The smallest absolute Gasteiger partial charge is 0.261 e. The van der Waals surface area contributed by atoms with E-state index in [4.69, 9.17) is 10.3 Å². The lowest BCUT2D eigenvalue weighted by molar-refractivity contribution is 0.0171. The van der Waals surface area contributed by atoms with E-state index in [0.717, 1.165) is 0 Å². The van der Waals surface area contributed by atoms with Crippen molar-refractivity contribution in [3.8, 4) is 0 Å². The molecule has 0 saturated carbocycles. The van der Waals surface area contributed by atoms with Gasteiger partial charge in [0.2, 0.25) is 5.89 Å². The number of halogens is 2. The first-order chi connectivity index (χ1) is 6.72. The van der Waals surface area contributed by atoms with Crippen LogP contribution >= 0.6 is 0 Å². The Morgan fingerprint density at radius 3 is 2.86 bits per heavy atom. The molecule has 0 aliphatic rings. The fourth-order valence-electron chi connectivity index (χ4n) is 0.806. The molecule has 0 spiro atoms. The molecule has 5 nitrogen and oxygen atoms in total. The van der Waals surface area contributed by atoms with Gasteiger partial charge in [-0.15, -0.1) is 0 Å². The third-order valence-corrected chi connectivity index (χ3v) is 1.40. The first kappa shape index (κ1) is 11.0. The second-order valence-corrected chi connectivity index (χ2v) is 2.52. The first-order valence-corrected chi connectivity index (χ1v) is 4.09. The monoisotopic (exact) mass is 207 g/mol. The van der Waals surface area contributed by atoms with Gasteiger partial charge in [-0.2, -0.15) is 4.98 Å². The molecule has 7 heteroatoms. The Balaban J connectivity index is 2.18. The van der Waals surface area contributed by atoms with Crippen LogP contribution in [0.3, 0.4) is 0 Å². The molecule has 0 bridgehead atoms. The summed E-state index contributed by atoms with van der Waals surface area (Å²) in [6.07, 6.45) is -2.13. The van der Waals surface area contributed by atoms with Crippen LogP contribution in [0.5, 0.6) is 0 Å². The van der Waals surface area contributed by atoms with Crippen LogP contribution in [-0.2, 0) is 17.7 Å². The molecule has 1 aromatic heterocycles. The summed E-state index contributed by atoms with van der Waals surface area (Å²) in [4.78, 5) is 3.88. The minimum Gasteiger partial charge on any atom is -0.375 e. The molecular formula is C7H11F2N3O2. The van der Waals surface area contributed by atoms with E-state index in [1.807, 2.05) is 0 Å². The van der Waals surface area contributed by atoms with Crippen molar-refractivity contribution in [3.05, 3.63) is 11.7 Å². The lowest BCUT2D eigenvalue weighted by Crippen LogP contribution is -2.07. The average Bonchev–Trinajstić information content (AvgIpc) is 2.60. The molecule has 80 valence electrons. The molecule has 0 radical (unpaired) electrons. The number of aromatic nitrogens is 2. The predicted octanol–water partition coefficient (Wildman–Crippen LogP) is 0.353. The molecular weight excluding hydrogens is 196 g/mol. The fourth-order valence-corrected chi connectivity index (χ4v) is 0.806. The van der Waals surface area contributed by atoms with Gasteiger partial charge in [-0.05, 0) is 0 Å². The van der Waals surface area contributed by atoms with Crippen molar-refractivity contribution in [3.63, 3.8) is 0 Å². The van der Waals surface area contributed by atoms with Crippen LogP contribution in [0.4, 0.5) is 8.78 Å². The van der Waals surface area contributed by atoms with Crippen molar-refractivity contribution >= 4 is 0 Å².